The molecule has 8 heteroatoms. The molecular formula is C11H17N3O3S2. The van der Waals surface area contributed by atoms with Crippen LogP contribution in [0.15, 0.2) is 5.38 Å². The van der Waals surface area contributed by atoms with Crippen LogP contribution < -0.4 is 10.6 Å². The van der Waals surface area contributed by atoms with Gasteiger partial charge in [0.05, 0.1) is 6.54 Å². The number of hydrogen-bond acceptors (Lipinski definition) is 5. The zero-order valence-corrected chi connectivity index (χ0v) is 12.4. The van der Waals surface area contributed by atoms with E-state index in [1.807, 2.05) is 6.26 Å². The van der Waals surface area contributed by atoms with Crippen molar-refractivity contribution in [2.45, 2.75) is 13.5 Å². The second-order valence-electron chi connectivity index (χ2n) is 4.06. The Bertz CT molecular complexity index is 437. The third-order valence-electron chi connectivity index (χ3n) is 2.23. The van der Waals surface area contributed by atoms with Crippen LogP contribution in [-0.2, 0) is 6.54 Å². The molecule has 1 rings (SSSR count). The Balaban J connectivity index is 2.27. The number of hydrogen-bond donors (Lipinski definition) is 3. The Kier molecular flexibility index (Phi) is 6.65. The van der Waals surface area contributed by atoms with Crippen molar-refractivity contribution in [3.8, 4) is 0 Å². The molecule has 106 valence electrons. The van der Waals surface area contributed by atoms with Gasteiger partial charge in [0, 0.05) is 11.9 Å². The summed E-state index contributed by atoms with van der Waals surface area (Å²) in [4.78, 5) is 26.0. The normalized spacial score (nSPS) is 11.9. The summed E-state index contributed by atoms with van der Waals surface area (Å²) in [5.41, 5.74) is 0.0100. The lowest BCUT2D eigenvalue weighted by Gasteiger charge is -2.11. The first kappa shape index (κ1) is 15.8. The third kappa shape index (κ3) is 5.93. The molecule has 1 unspecified atom stereocenters. The fraction of sp³-hybridized carbons (Fsp3) is 0.545. The molecule has 6 nitrogen and oxygen atoms in total. The molecule has 2 amide bonds. The van der Waals surface area contributed by atoms with E-state index in [0.717, 1.165) is 5.75 Å². The third-order valence-corrected chi connectivity index (χ3v) is 3.98. The highest BCUT2D eigenvalue weighted by molar-refractivity contribution is 7.98. The van der Waals surface area contributed by atoms with Crippen LogP contribution in [0.3, 0.4) is 0 Å². The van der Waals surface area contributed by atoms with E-state index in [-0.39, 0.29) is 18.3 Å². The average molecular weight is 303 g/mol. The van der Waals surface area contributed by atoms with Crippen LogP contribution in [0.2, 0.25) is 0 Å². The number of aromatic nitrogens is 1. The molecule has 0 saturated heterocycles. The first-order valence-corrected chi connectivity index (χ1v) is 7.98. The van der Waals surface area contributed by atoms with Crippen molar-refractivity contribution < 1.29 is 14.7 Å². The highest BCUT2D eigenvalue weighted by Crippen LogP contribution is 2.09. The molecule has 0 spiro atoms. The highest BCUT2D eigenvalue weighted by Gasteiger charge is 2.09. The van der Waals surface area contributed by atoms with Crippen molar-refractivity contribution in [1.82, 2.24) is 15.6 Å². The van der Waals surface area contributed by atoms with E-state index in [2.05, 4.69) is 22.5 Å². The molecule has 0 radical (unpaired) electrons. The summed E-state index contributed by atoms with van der Waals surface area (Å²) in [6, 6.07) is -0.264. The second-order valence-corrected chi connectivity index (χ2v) is 5.91. The van der Waals surface area contributed by atoms with Gasteiger partial charge in [-0.2, -0.15) is 11.8 Å². The monoisotopic (exact) mass is 303 g/mol. The number of carboxylic acids is 1. The molecule has 1 heterocycles. The quantitative estimate of drug-likeness (QED) is 0.712. The second kappa shape index (κ2) is 8.00. The molecule has 0 aliphatic heterocycles. The van der Waals surface area contributed by atoms with Gasteiger partial charge in [-0.1, -0.05) is 6.92 Å². The first-order chi connectivity index (χ1) is 9.02. The van der Waals surface area contributed by atoms with Crippen LogP contribution in [0.1, 0.15) is 22.4 Å². The number of thiazole rings is 1. The predicted octanol–water partition coefficient (Wildman–Crippen LogP) is 1.64. The fourth-order valence-electron chi connectivity index (χ4n) is 1.32. The maximum Gasteiger partial charge on any atom is 0.355 e. The van der Waals surface area contributed by atoms with E-state index < -0.39 is 5.97 Å². The Morgan fingerprint density at radius 3 is 2.84 bits per heavy atom. The van der Waals surface area contributed by atoms with Crippen molar-refractivity contribution in [3.05, 3.63) is 16.1 Å². The van der Waals surface area contributed by atoms with E-state index in [1.165, 1.54) is 16.7 Å². The minimum absolute atomic E-state index is 0.0100. The molecule has 0 aromatic carbocycles. The van der Waals surface area contributed by atoms with E-state index >= 15 is 0 Å². The van der Waals surface area contributed by atoms with Gasteiger partial charge in [-0.3, -0.25) is 0 Å². The van der Waals surface area contributed by atoms with Crippen molar-refractivity contribution in [1.29, 1.82) is 0 Å². The molecule has 0 fully saturated rings. The Morgan fingerprint density at radius 2 is 2.26 bits per heavy atom. The number of carboxylic acid groups (broad SMARTS) is 1. The van der Waals surface area contributed by atoms with Gasteiger partial charge in [0.15, 0.2) is 5.69 Å². The van der Waals surface area contributed by atoms with Gasteiger partial charge in [0.1, 0.15) is 5.01 Å². The van der Waals surface area contributed by atoms with Crippen LogP contribution in [0.5, 0.6) is 0 Å². The maximum atomic E-state index is 11.5. The van der Waals surface area contributed by atoms with E-state index in [9.17, 15) is 9.59 Å². The molecule has 0 saturated carbocycles. The van der Waals surface area contributed by atoms with Crippen LogP contribution in [0, 0.1) is 5.92 Å². The van der Waals surface area contributed by atoms with Gasteiger partial charge in [0.25, 0.3) is 0 Å². The number of carbonyl (C=O) groups excluding carboxylic acids is 1. The number of aromatic carboxylic acids is 1. The number of rotatable bonds is 7. The summed E-state index contributed by atoms with van der Waals surface area (Å²) in [6.45, 7) is 2.92. The highest BCUT2D eigenvalue weighted by atomic mass is 32.2. The summed E-state index contributed by atoms with van der Waals surface area (Å²) in [5, 5.41) is 16.2. The Labute approximate surface area is 120 Å². The Hall–Kier alpha value is -1.28. The van der Waals surface area contributed by atoms with Gasteiger partial charge >= 0.3 is 12.0 Å². The van der Waals surface area contributed by atoms with Gasteiger partial charge < -0.3 is 15.7 Å². The molecular weight excluding hydrogens is 286 g/mol. The molecule has 1 aromatic heterocycles. The number of nitrogens with one attached hydrogen (secondary N) is 2. The summed E-state index contributed by atoms with van der Waals surface area (Å²) in [6.07, 6.45) is 2.03. The van der Waals surface area contributed by atoms with Crippen molar-refractivity contribution in [2.24, 2.45) is 5.92 Å². The lowest BCUT2D eigenvalue weighted by molar-refractivity contribution is 0.0691. The zero-order chi connectivity index (χ0) is 14.3. The molecule has 1 atom stereocenters. The number of urea groups is 1. The largest absolute Gasteiger partial charge is 0.476 e. The molecule has 0 aliphatic rings. The minimum atomic E-state index is -1.06. The molecule has 0 aliphatic carbocycles. The lowest BCUT2D eigenvalue weighted by Crippen LogP contribution is -2.37. The summed E-state index contributed by atoms with van der Waals surface area (Å²) >= 11 is 2.96. The smallest absolute Gasteiger partial charge is 0.355 e. The molecule has 0 bridgehead atoms. The van der Waals surface area contributed by atoms with Crippen LogP contribution >= 0.6 is 23.1 Å². The number of amides is 2. The lowest BCUT2D eigenvalue weighted by atomic mass is 10.2. The van der Waals surface area contributed by atoms with E-state index in [0.29, 0.717) is 17.5 Å². The molecule has 3 N–H and O–H groups in total. The van der Waals surface area contributed by atoms with E-state index in [1.54, 1.807) is 11.8 Å². The average Bonchev–Trinajstić information content (AvgIpc) is 2.83. The molecule has 1 aromatic rings. The summed E-state index contributed by atoms with van der Waals surface area (Å²) in [7, 11) is 0. The number of carbonyl (C=O) groups is 2. The van der Waals surface area contributed by atoms with E-state index in [4.69, 9.17) is 5.11 Å². The van der Waals surface area contributed by atoms with Gasteiger partial charge in [-0.25, -0.2) is 14.6 Å². The first-order valence-electron chi connectivity index (χ1n) is 5.71. The summed E-state index contributed by atoms with van der Waals surface area (Å²) in [5.74, 6) is 0.353. The maximum absolute atomic E-state index is 11.5. The molecule has 19 heavy (non-hydrogen) atoms. The van der Waals surface area contributed by atoms with Crippen LogP contribution in [0.25, 0.3) is 0 Å². The topological polar surface area (TPSA) is 91.3 Å². The summed E-state index contributed by atoms with van der Waals surface area (Å²) < 4.78 is 0. The predicted molar refractivity (Wildman–Crippen MR) is 76.9 cm³/mol. The van der Waals surface area contributed by atoms with Crippen molar-refractivity contribution in [3.63, 3.8) is 0 Å². The van der Waals surface area contributed by atoms with Gasteiger partial charge in [-0.05, 0) is 17.9 Å². The van der Waals surface area contributed by atoms with Gasteiger partial charge in [0.2, 0.25) is 0 Å². The van der Waals surface area contributed by atoms with Crippen molar-refractivity contribution in [2.75, 3.05) is 18.6 Å². The SMILES string of the molecule is CSCC(C)CNC(=O)NCc1nc(C(=O)O)cs1. The van der Waals surface area contributed by atoms with Crippen molar-refractivity contribution >= 4 is 35.1 Å². The number of nitrogens with zero attached hydrogens (tertiary/aromatic N) is 1. The van der Waals surface area contributed by atoms with Crippen LogP contribution in [0.4, 0.5) is 4.79 Å². The Morgan fingerprint density at radius 1 is 1.53 bits per heavy atom. The fourth-order valence-corrected chi connectivity index (χ4v) is 2.71. The standard InChI is InChI=1S/C11H17N3O3S2/c1-7(5-18-2)3-12-11(17)13-4-9-14-8(6-19-9)10(15)16/h6-7H,3-5H2,1-2H3,(H,15,16)(H2,12,13,17). The van der Waals surface area contributed by atoms with Crippen LogP contribution in [-0.4, -0.2) is 40.6 Å². The zero-order valence-electron chi connectivity index (χ0n) is 10.8. The van der Waals surface area contributed by atoms with Gasteiger partial charge in [-0.15, -0.1) is 11.3 Å². The number of thioether (sulfide) groups is 1. The minimum Gasteiger partial charge on any atom is -0.476 e.